The summed E-state index contributed by atoms with van der Waals surface area (Å²) >= 11 is 5.74. The van der Waals surface area contributed by atoms with E-state index in [0.29, 0.717) is 18.2 Å². The van der Waals surface area contributed by atoms with Crippen LogP contribution < -0.4 is 10.1 Å². The molecule has 0 saturated carbocycles. The number of ether oxygens (including phenoxy) is 1. The Bertz CT molecular complexity index is 340. The Balaban J connectivity index is 2.30. The normalized spacial score (nSPS) is 9.69. The van der Waals surface area contributed by atoms with Crippen LogP contribution in [0.5, 0.6) is 5.75 Å². The third-order valence-electron chi connectivity index (χ3n) is 2.07. The first-order valence-corrected chi connectivity index (χ1v) is 5.32. The lowest BCUT2D eigenvalue weighted by atomic mass is 10.3. The van der Waals surface area contributed by atoms with Gasteiger partial charge >= 0.3 is 6.03 Å². The molecule has 1 N–H and O–H groups in total. The largest absolute Gasteiger partial charge is 0.492 e. The molecule has 0 heterocycles. The number of carbonyl (C=O) groups excluding carboxylic acids is 1. The van der Waals surface area contributed by atoms with E-state index in [2.05, 4.69) is 5.32 Å². The monoisotopic (exact) mass is 242 g/mol. The minimum Gasteiger partial charge on any atom is -0.492 e. The second-order valence-electron chi connectivity index (χ2n) is 3.28. The topological polar surface area (TPSA) is 41.6 Å². The fourth-order valence-corrected chi connectivity index (χ4v) is 1.25. The van der Waals surface area contributed by atoms with E-state index in [1.807, 2.05) is 0 Å². The SMILES string of the molecule is CNC(=O)N(C)CCOc1ccc(Cl)cc1. The van der Waals surface area contributed by atoms with Crippen molar-refractivity contribution in [2.45, 2.75) is 0 Å². The molecule has 0 aliphatic carbocycles. The second kappa shape index (κ2) is 6.23. The number of halogens is 1. The third-order valence-corrected chi connectivity index (χ3v) is 2.32. The third kappa shape index (κ3) is 3.98. The molecule has 0 aliphatic rings. The van der Waals surface area contributed by atoms with E-state index < -0.39 is 0 Å². The van der Waals surface area contributed by atoms with Crippen LogP contribution in [0.15, 0.2) is 24.3 Å². The molecule has 0 saturated heterocycles. The Morgan fingerprint density at radius 1 is 1.44 bits per heavy atom. The van der Waals surface area contributed by atoms with Gasteiger partial charge in [0.2, 0.25) is 0 Å². The van der Waals surface area contributed by atoms with Crippen LogP contribution in [0.2, 0.25) is 5.02 Å². The van der Waals surface area contributed by atoms with Crippen molar-refractivity contribution in [3.8, 4) is 5.75 Å². The lowest BCUT2D eigenvalue weighted by molar-refractivity contribution is 0.197. The summed E-state index contributed by atoms with van der Waals surface area (Å²) in [6, 6.07) is 6.99. The first-order valence-electron chi connectivity index (χ1n) is 4.94. The number of carbonyl (C=O) groups is 1. The van der Waals surface area contributed by atoms with Gasteiger partial charge in [-0.05, 0) is 24.3 Å². The molecule has 0 unspecified atom stereocenters. The van der Waals surface area contributed by atoms with Crippen LogP contribution in [0, 0.1) is 0 Å². The summed E-state index contributed by atoms with van der Waals surface area (Å²) in [6.07, 6.45) is 0. The van der Waals surface area contributed by atoms with E-state index in [9.17, 15) is 4.79 Å². The molecule has 0 aliphatic heterocycles. The Morgan fingerprint density at radius 3 is 2.62 bits per heavy atom. The van der Waals surface area contributed by atoms with E-state index in [4.69, 9.17) is 16.3 Å². The average molecular weight is 243 g/mol. The maximum atomic E-state index is 11.1. The summed E-state index contributed by atoms with van der Waals surface area (Å²) in [6.45, 7) is 0.980. The number of hydrogen-bond acceptors (Lipinski definition) is 2. The zero-order chi connectivity index (χ0) is 12.0. The second-order valence-corrected chi connectivity index (χ2v) is 3.72. The maximum absolute atomic E-state index is 11.1. The van der Waals surface area contributed by atoms with Gasteiger partial charge in [0.15, 0.2) is 0 Å². The predicted octanol–water partition coefficient (Wildman–Crippen LogP) is 1.99. The highest BCUT2D eigenvalue weighted by Crippen LogP contribution is 2.15. The van der Waals surface area contributed by atoms with E-state index in [1.165, 1.54) is 0 Å². The van der Waals surface area contributed by atoms with Crippen LogP contribution in [0.1, 0.15) is 0 Å². The Labute approximate surface area is 100 Å². The smallest absolute Gasteiger partial charge is 0.316 e. The van der Waals surface area contributed by atoms with Crippen molar-refractivity contribution in [3.05, 3.63) is 29.3 Å². The molecule has 2 amide bonds. The molecule has 4 nitrogen and oxygen atoms in total. The first-order chi connectivity index (χ1) is 7.63. The fourth-order valence-electron chi connectivity index (χ4n) is 1.12. The van der Waals surface area contributed by atoms with Crippen LogP contribution in [-0.4, -0.2) is 38.2 Å². The standard InChI is InChI=1S/C11H15ClN2O2/c1-13-11(15)14(2)7-8-16-10-5-3-9(12)4-6-10/h3-6H,7-8H2,1-2H3,(H,13,15). The number of nitrogens with zero attached hydrogens (tertiary/aromatic N) is 1. The number of hydrogen-bond donors (Lipinski definition) is 1. The number of urea groups is 1. The lowest BCUT2D eigenvalue weighted by Gasteiger charge is -2.16. The molecular formula is C11H15ClN2O2. The first kappa shape index (κ1) is 12.6. The van der Waals surface area contributed by atoms with Crippen molar-refractivity contribution in [1.29, 1.82) is 0 Å². The van der Waals surface area contributed by atoms with Gasteiger partial charge in [-0.15, -0.1) is 0 Å². The number of benzene rings is 1. The Hall–Kier alpha value is -1.42. The number of nitrogens with one attached hydrogen (secondary N) is 1. The van der Waals surface area contributed by atoms with Gasteiger partial charge in [0.25, 0.3) is 0 Å². The van der Waals surface area contributed by atoms with E-state index >= 15 is 0 Å². The number of rotatable bonds is 4. The van der Waals surface area contributed by atoms with Gasteiger partial charge in [-0.3, -0.25) is 0 Å². The van der Waals surface area contributed by atoms with Crippen LogP contribution in [0.25, 0.3) is 0 Å². The highest BCUT2D eigenvalue weighted by molar-refractivity contribution is 6.30. The van der Waals surface area contributed by atoms with Crippen LogP contribution >= 0.6 is 11.6 Å². The zero-order valence-electron chi connectivity index (χ0n) is 9.37. The summed E-state index contributed by atoms with van der Waals surface area (Å²) in [7, 11) is 3.31. The molecule has 0 spiro atoms. The molecule has 0 bridgehead atoms. The molecule has 16 heavy (non-hydrogen) atoms. The summed E-state index contributed by atoms with van der Waals surface area (Å²) in [5, 5.41) is 3.21. The maximum Gasteiger partial charge on any atom is 0.316 e. The number of likely N-dealkylation sites (N-methyl/N-ethyl adjacent to an activating group) is 1. The minimum atomic E-state index is -0.125. The van der Waals surface area contributed by atoms with Gasteiger partial charge in [-0.2, -0.15) is 0 Å². The summed E-state index contributed by atoms with van der Waals surface area (Å²) < 4.78 is 5.45. The van der Waals surface area contributed by atoms with E-state index in [1.54, 1.807) is 43.3 Å². The number of amides is 2. The van der Waals surface area contributed by atoms with Crippen molar-refractivity contribution in [3.63, 3.8) is 0 Å². The molecule has 1 rings (SSSR count). The lowest BCUT2D eigenvalue weighted by Crippen LogP contribution is -2.37. The van der Waals surface area contributed by atoms with Crippen LogP contribution in [-0.2, 0) is 0 Å². The molecule has 0 fully saturated rings. The zero-order valence-corrected chi connectivity index (χ0v) is 10.1. The van der Waals surface area contributed by atoms with Gasteiger partial charge in [0, 0.05) is 19.1 Å². The van der Waals surface area contributed by atoms with Crippen molar-refractivity contribution >= 4 is 17.6 Å². The molecule has 88 valence electrons. The molecule has 1 aromatic carbocycles. The fraction of sp³-hybridized carbons (Fsp3) is 0.364. The van der Waals surface area contributed by atoms with Gasteiger partial charge in [0.05, 0.1) is 6.54 Å². The van der Waals surface area contributed by atoms with Crippen molar-refractivity contribution in [2.24, 2.45) is 0 Å². The molecular weight excluding hydrogens is 228 g/mol. The van der Waals surface area contributed by atoms with Crippen molar-refractivity contribution < 1.29 is 9.53 Å². The van der Waals surface area contributed by atoms with Crippen molar-refractivity contribution in [1.82, 2.24) is 10.2 Å². The average Bonchev–Trinajstić information content (AvgIpc) is 2.30. The van der Waals surface area contributed by atoms with Crippen LogP contribution in [0.3, 0.4) is 0 Å². The highest BCUT2D eigenvalue weighted by atomic mass is 35.5. The van der Waals surface area contributed by atoms with Crippen LogP contribution in [0.4, 0.5) is 4.79 Å². The van der Waals surface area contributed by atoms with Gasteiger partial charge in [-0.1, -0.05) is 11.6 Å². The highest BCUT2D eigenvalue weighted by Gasteiger charge is 2.04. The van der Waals surface area contributed by atoms with E-state index in [-0.39, 0.29) is 6.03 Å². The van der Waals surface area contributed by atoms with Crippen molar-refractivity contribution in [2.75, 3.05) is 27.2 Å². The quantitative estimate of drug-likeness (QED) is 0.877. The molecule has 0 radical (unpaired) electrons. The molecule has 0 atom stereocenters. The van der Waals surface area contributed by atoms with Gasteiger partial charge in [0.1, 0.15) is 12.4 Å². The minimum absolute atomic E-state index is 0.125. The Morgan fingerprint density at radius 2 is 2.06 bits per heavy atom. The van der Waals surface area contributed by atoms with E-state index in [0.717, 1.165) is 5.75 Å². The Kier molecular flexibility index (Phi) is 4.92. The molecule has 0 aromatic heterocycles. The summed E-state index contributed by atoms with van der Waals surface area (Å²) in [4.78, 5) is 12.7. The summed E-state index contributed by atoms with van der Waals surface area (Å²) in [5.74, 6) is 0.745. The predicted molar refractivity (Wildman–Crippen MR) is 64.0 cm³/mol. The van der Waals surface area contributed by atoms with Gasteiger partial charge in [-0.25, -0.2) is 4.79 Å². The molecule has 5 heteroatoms. The molecule has 1 aromatic rings. The van der Waals surface area contributed by atoms with Gasteiger partial charge < -0.3 is 15.0 Å². The summed E-state index contributed by atoms with van der Waals surface area (Å²) in [5.41, 5.74) is 0.